The Morgan fingerprint density at radius 2 is 1.46 bits per heavy atom. The molecule has 1 aromatic heterocycles. The minimum absolute atomic E-state index is 0.0622. The monoisotopic (exact) mass is 347 g/mol. The molecule has 0 fully saturated rings. The molecule has 1 amide bonds. The first-order chi connectivity index (χ1) is 12.4. The second-order valence-electron chi connectivity index (χ2n) is 7.50. The third-order valence-corrected chi connectivity index (χ3v) is 4.25. The lowest BCUT2D eigenvalue weighted by atomic mass is 9.90. The molecule has 0 radical (unpaired) electrons. The molecule has 0 spiro atoms. The average molecular weight is 347 g/mol. The van der Waals surface area contributed by atoms with Gasteiger partial charge in [-0.05, 0) is 38.8 Å². The molecule has 1 N–H and O–H groups in total. The maximum atomic E-state index is 13.2. The van der Waals surface area contributed by atoms with E-state index in [2.05, 4.69) is 31.2 Å². The highest BCUT2D eigenvalue weighted by atomic mass is 16.2. The van der Waals surface area contributed by atoms with Crippen molar-refractivity contribution in [3.63, 3.8) is 0 Å². The van der Waals surface area contributed by atoms with Gasteiger partial charge in [-0.2, -0.15) is 5.10 Å². The van der Waals surface area contributed by atoms with E-state index in [1.54, 1.807) is 0 Å². The van der Waals surface area contributed by atoms with Gasteiger partial charge in [0.15, 0.2) is 0 Å². The molecule has 3 aromatic rings. The standard InChI is InChI=1S/C22H25N3O/c1-16-15-19(25(24-16)22(2,3)4)23-21(26)20(17-11-7-5-8-12-17)18-13-9-6-10-14-18/h5-15,20H,1-4H3,(H,23,26). The fourth-order valence-corrected chi connectivity index (χ4v) is 3.08. The van der Waals surface area contributed by atoms with Gasteiger partial charge in [-0.1, -0.05) is 60.7 Å². The number of hydrogen-bond acceptors (Lipinski definition) is 2. The minimum atomic E-state index is -0.374. The summed E-state index contributed by atoms with van der Waals surface area (Å²) in [6, 6.07) is 21.6. The topological polar surface area (TPSA) is 46.9 Å². The van der Waals surface area contributed by atoms with Gasteiger partial charge < -0.3 is 5.32 Å². The van der Waals surface area contributed by atoms with Crippen LogP contribution in [0.4, 0.5) is 5.82 Å². The maximum Gasteiger partial charge on any atom is 0.237 e. The minimum Gasteiger partial charge on any atom is -0.310 e. The smallest absolute Gasteiger partial charge is 0.237 e. The molecule has 0 aliphatic heterocycles. The number of nitrogens with one attached hydrogen (secondary N) is 1. The Labute approximate surface area is 154 Å². The van der Waals surface area contributed by atoms with Crippen LogP contribution in [0.2, 0.25) is 0 Å². The Morgan fingerprint density at radius 1 is 0.962 bits per heavy atom. The van der Waals surface area contributed by atoms with Crippen LogP contribution >= 0.6 is 0 Å². The van der Waals surface area contributed by atoms with Crippen LogP contribution in [0.5, 0.6) is 0 Å². The normalized spacial score (nSPS) is 11.6. The third kappa shape index (κ3) is 3.85. The molecule has 26 heavy (non-hydrogen) atoms. The molecule has 1 heterocycles. The summed E-state index contributed by atoms with van der Waals surface area (Å²) < 4.78 is 1.87. The van der Waals surface area contributed by atoms with Gasteiger partial charge in [0.25, 0.3) is 0 Å². The summed E-state index contributed by atoms with van der Waals surface area (Å²) in [5.74, 6) is 0.283. The predicted octanol–water partition coefficient (Wildman–Crippen LogP) is 4.72. The van der Waals surface area contributed by atoms with Gasteiger partial charge >= 0.3 is 0 Å². The molecule has 2 aromatic carbocycles. The van der Waals surface area contributed by atoms with E-state index >= 15 is 0 Å². The molecular weight excluding hydrogens is 322 g/mol. The summed E-state index contributed by atoms with van der Waals surface area (Å²) in [6.07, 6.45) is 0. The van der Waals surface area contributed by atoms with E-state index in [9.17, 15) is 4.79 Å². The number of nitrogens with zero attached hydrogens (tertiary/aromatic N) is 2. The van der Waals surface area contributed by atoms with E-state index in [1.807, 2.05) is 78.3 Å². The number of aryl methyl sites for hydroxylation is 1. The molecule has 0 aliphatic rings. The molecule has 0 unspecified atom stereocenters. The Hall–Kier alpha value is -2.88. The summed E-state index contributed by atoms with van der Waals surface area (Å²) in [6.45, 7) is 8.15. The zero-order chi connectivity index (χ0) is 18.7. The molecular formula is C22H25N3O. The van der Waals surface area contributed by atoms with Crippen LogP contribution in [0.15, 0.2) is 66.7 Å². The van der Waals surface area contributed by atoms with Crippen molar-refractivity contribution >= 4 is 11.7 Å². The highest BCUT2D eigenvalue weighted by Gasteiger charge is 2.26. The number of carbonyl (C=O) groups excluding carboxylic acids is 1. The third-order valence-electron chi connectivity index (χ3n) is 4.25. The number of benzene rings is 2. The SMILES string of the molecule is Cc1cc(NC(=O)C(c2ccccc2)c2ccccc2)n(C(C)(C)C)n1. The van der Waals surface area contributed by atoms with Crippen LogP contribution in [-0.2, 0) is 10.3 Å². The van der Waals surface area contributed by atoms with E-state index in [0.717, 1.165) is 22.6 Å². The van der Waals surface area contributed by atoms with Crippen LogP contribution in [0.25, 0.3) is 0 Å². The van der Waals surface area contributed by atoms with Crippen LogP contribution in [0, 0.1) is 6.92 Å². The first-order valence-corrected chi connectivity index (χ1v) is 8.84. The molecule has 0 bridgehead atoms. The molecule has 134 valence electrons. The zero-order valence-corrected chi connectivity index (χ0v) is 15.7. The quantitative estimate of drug-likeness (QED) is 0.742. The largest absolute Gasteiger partial charge is 0.310 e. The molecule has 0 aliphatic carbocycles. The highest BCUT2D eigenvalue weighted by molar-refractivity contribution is 5.97. The Kier molecular flexibility index (Phi) is 4.94. The summed E-state index contributed by atoms with van der Waals surface area (Å²) >= 11 is 0. The number of amides is 1. The molecule has 0 saturated carbocycles. The second kappa shape index (κ2) is 7.16. The van der Waals surface area contributed by atoms with Gasteiger partial charge in [-0.25, -0.2) is 4.68 Å². The lowest BCUT2D eigenvalue weighted by molar-refractivity contribution is -0.116. The van der Waals surface area contributed by atoms with Crippen molar-refractivity contribution in [1.29, 1.82) is 0 Å². The molecule has 4 nitrogen and oxygen atoms in total. The van der Waals surface area contributed by atoms with Crippen molar-refractivity contribution in [2.75, 3.05) is 5.32 Å². The summed E-state index contributed by atoms with van der Waals surface area (Å²) in [4.78, 5) is 13.2. The van der Waals surface area contributed by atoms with Gasteiger partial charge in [0.1, 0.15) is 5.82 Å². The zero-order valence-electron chi connectivity index (χ0n) is 15.7. The summed E-state index contributed by atoms with van der Waals surface area (Å²) in [5, 5.41) is 7.64. The predicted molar refractivity (Wildman–Crippen MR) is 105 cm³/mol. The maximum absolute atomic E-state index is 13.2. The van der Waals surface area contributed by atoms with E-state index in [4.69, 9.17) is 0 Å². The molecule has 0 saturated heterocycles. The number of anilines is 1. The number of rotatable bonds is 4. The van der Waals surface area contributed by atoms with Crippen LogP contribution in [0.3, 0.4) is 0 Å². The van der Waals surface area contributed by atoms with Crippen molar-refractivity contribution < 1.29 is 4.79 Å². The molecule has 4 heteroatoms. The van der Waals surface area contributed by atoms with Crippen LogP contribution in [-0.4, -0.2) is 15.7 Å². The van der Waals surface area contributed by atoms with Crippen molar-refractivity contribution in [1.82, 2.24) is 9.78 Å². The van der Waals surface area contributed by atoms with E-state index in [1.165, 1.54) is 0 Å². The van der Waals surface area contributed by atoms with Crippen molar-refractivity contribution in [2.24, 2.45) is 0 Å². The fraction of sp³-hybridized carbons (Fsp3) is 0.273. The van der Waals surface area contributed by atoms with E-state index < -0.39 is 0 Å². The van der Waals surface area contributed by atoms with Crippen molar-refractivity contribution in [3.05, 3.63) is 83.6 Å². The highest BCUT2D eigenvalue weighted by Crippen LogP contribution is 2.28. The fourth-order valence-electron chi connectivity index (χ4n) is 3.08. The van der Waals surface area contributed by atoms with Gasteiger partial charge in [-0.3, -0.25) is 4.79 Å². The summed E-state index contributed by atoms with van der Waals surface area (Å²) in [7, 11) is 0. The Bertz CT molecular complexity index is 837. The lowest BCUT2D eigenvalue weighted by Gasteiger charge is -2.24. The van der Waals surface area contributed by atoms with Gasteiger partial charge in [0.05, 0.1) is 17.2 Å². The van der Waals surface area contributed by atoms with E-state index in [0.29, 0.717) is 0 Å². The molecule has 3 rings (SSSR count). The van der Waals surface area contributed by atoms with Gasteiger partial charge in [0.2, 0.25) is 5.91 Å². The second-order valence-corrected chi connectivity index (χ2v) is 7.50. The Morgan fingerprint density at radius 3 is 1.92 bits per heavy atom. The van der Waals surface area contributed by atoms with E-state index in [-0.39, 0.29) is 17.4 Å². The number of hydrogen-bond donors (Lipinski definition) is 1. The van der Waals surface area contributed by atoms with Gasteiger partial charge in [0, 0.05) is 6.07 Å². The Balaban J connectivity index is 1.98. The van der Waals surface area contributed by atoms with Crippen molar-refractivity contribution in [2.45, 2.75) is 39.2 Å². The van der Waals surface area contributed by atoms with Crippen LogP contribution in [0.1, 0.15) is 43.5 Å². The first-order valence-electron chi connectivity index (χ1n) is 8.84. The average Bonchev–Trinajstić information content (AvgIpc) is 2.98. The molecule has 0 atom stereocenters. The lowest BCUT2D eigenvalue weighted by Crippen LogP contribution is -2.29. The number of carbonyl (C=O) groups is 1. The summed E-state index contributed by atoms with van der Waals surface area (Å²) in [5.41, 5.74) is 2.60. The van der Waals surface area contributed by atoms with Crippen LogP contribution < -0.4 is 5.32 Å². The first kappa shape index (κ1) is 17.9. The number of aromatic nitrogens is 2. The van der Waals surface area contributed by atoms with Gasteiger partial charge in [-0.15, -0.1) is 0 Å². The van der Waals surface area contributed by atoms with Crippen molar-refractivity contribution in [3.8, 4) is 0 Å².